The van der Waals surface area contributed by atoms with E-state index in [4.69, 9.17) is 5.26 Å². The molecule has 0 aliphatic rings. The van der Waals surface area contributed by atoms with Crippen molar-refractivity contribution in [3.8, 4) is 6.07 Å². The van der Waals surface area contributed by atoms with E-state index in [1.54, 1.807) is 12.3 Å². The van der Waals surface area contributed by atoms with Crippen LogP contribution in [0.2, 0.25) is 0 Å². The normalized spacial score (nSPS) is 11.8. The van der Waals surface area contributed by atoms with Crippen LogP contribution in [0.25, 0.3) is 10.9 Å². The molecule has 0 unspecified atom stereocenters. The summed E-state index contributed by atoms with van der Waals surface area (Å²) in [5, 5.41) is 13.6. The molecule has 4 heteroatoms. The predicted molar refractivity (Wildman–Crippen MR) is 104 cm³/mol. The maximum absolute atomic E-state index is 8.91. The van der Waals surface area contributed by atoms with Gasteiger partial charge in [-0.15, -0.1) is 0 Å². The fourth-order valence-corrected chi connectivity index (χ4v) is 3.25. The highest BCUT2D eigenvalue weighted by Gasteiger charge is 2.18. The number of hydrogen-bond donors (Lipinski definition) is 2. The van der Waals surface area contributed by atoms with E-state index in [1.165, 1.54) is 16.5 Å². The Morgan fingerprint density at radius 2 is 1.81 bits per heavy atom. The van der Waals surface area contributed by atoms with Gasteiger partial charge in [-0.2, -0.15) is 5.26 Å². The highest BCUT2D eigenvalue weighted by molar-refractivity contribution is 5.84. The summed E-state index contributed by atoms with van der Waals surface area (Å²) < 4.78 is 0. The zero-order valence-electron chi connectivity index (χ0n) is 14.2. The summed E-state index contributed by atoms with van der Waals surface area (Å²) in [5.41, 5.74) is 4.21. The number of nitrogens with zero attached hydrogens (tertiary/aromatic N) is 2. The van der Waals surface area contributed by atoms with Crippen LogP contribution in [-0.4, -0.2) is 16.5 Å². The Balaban J connectivity index is 1.66. The van der Waals surface area contributed by atoms with Gasteiger partial charge in [0.1, 0.15) is 11.9 Å². The van der Waals surface area contributed by atoms with Crippen molar-refractivity contribution in [2.24, 2.45) is 0 Å². The van der Waals surface area contributed by atoms with Crippen molar-refractivity contribution < 1.29 is 0 Å². The molecule has 2 heterocycles. The minimum atomic E-state index is 0.185. The van der Waals surface area contributed by atoms with E-state index >= 15 is 0 Å². The van der Waals surface area contributed by atoms with Crippen molar-refractivity contribution in [2.75, 3.05) is 11.9 Å². The number of nitrogens with one attached hydrogen (secondary N) is 2. The lowest BCUT2D eigenvalue weighted by atomic mass is 9.91. The maximum Gasteiger partial charge on any atom is 0.125 e. The molecule has 26 heavy (non-hydrogen) atoms. The number of nitriles is 1. The van der Waals surface area contributed by atoms with Gasteiger partial charge < -0.3 is 10.3 Å². The molecule has 4 rings (SSSR count). The van der Waals surface area contributed by atoms with Crippen LogP contribution in [0.5, 0.6) is 0 Å². The maximum atomic E-state index is 8.91. The topological polar surface area (TPSA) is 64.5 Å². The Kier molecular flexibility index (Phi) is 4.36. The van der Waals surface area contributed by atoms with Gasteiger partial charge in [0.15, 0.2) is 0 Å². The summed E-state index contributed by atoms with van der Waals surface area (Å²) in [7, 11) is 0. The van der Waals surface area contributed by atoms with Gasteiger partial charge in [-0.1, -0.05) is 48.5 Å². The van der Waals surface area contributed by atoms with Crippen molar-refractivity contribution in [3.05, 3.63) is 95.8 Å². The zero-order valence-corrected chi connectivity index (χ0v) is 14.2. The molecule has 1 atom stereocenters. The fourth-order valence-electron chi connectivity index (χ4n) is 3.25. The van der Waals surface area contributed by atoms with Crippen LogP contribution >= 0.6 is 0 Å². The second-order valence-corrected chi connectivity index (χ2v) is 6.18. The van der Waals surface area contributed by atoms with Gasteiger partial charge >= 0.3 is 0 Å². The summed E-state index contributed by atoms with van der Waals surface area (Å²) in [6.45, 7) is 0.713. The quantitative estimate of drug-likeness (QED) is 0.555. The van der Waals surface area contributed by atoms with Crippen LogP contribution < -0.4 is 5.32 Å². The van der Waals surface area contributed by atoms with Crippen molar-refractivity contribution in [1.82, 2.24) is 9.97 Å². The summed E-state index contributed by atoms with van der Waals surface area (Å²) >= 11 is 0. The van der Waals surface area contributed by atoms with E-state index in [-0.39, 0.29) is 5.92 Å². The second kappa shape index (κ2) is 7.12. The van der Waals surface area contributed by atoms with Crippen LogP contribution in [0.1, 0.15) is 22.6 Å². The number of H-pyrrole nitrogens is 1. The summed E-state index contributed by atoms with van der Waals surface area (Å²) in [4.78, 5) is 7.69. The Morgan fingerprint density at radius 1 is 1.00 bits per heavy atom. The molecule has 0 saturated heterocycles. The van der Waals surface area contributed by atoms with E-state index in [0.717, 1.165) is 11.3 Å². The number of fused-ring (bicyclic) bond motifs is 1. The Hall–Kier alpha value is -3.58. The lowest BCUT2D eigenvalue weighted by Gasteiger charge is -2.18. The number of anilines is 1. The third kappa shape index (κ3) is 3.15. The second-order valence-electron chi connectivity index (χ2n) is 6.18. The molecule has 0 spiro atoms. The highest BCUT2D eigenvalue weighted by atomic mass is 15.0. The third-order valence-corrected chi connectivity index (χ3v) is 4.58. The predicted octanol–water partition coefficient (Wildman–Crippen LogP) is 4.68. The summed E-state index contributed by atoms with van der Waals surface area (Å²) in [5.74, 6) is 0.953. The van der Waals surface area contributed by atoms with Crippen molar-refractivity contribution in [3.63, 3.8) is 0 Å². The molecule has 0 radical (unpaired) electrons. The van der Waals surface area contributed by atoms with Crippen molar-refractivity contribution >= 4 is 16.7 Å². The van der Waals surface area contributed by atoms with E-state index in [2.05, 4.69) is 70.0 Å². The average molecular weight is 338 g/mol. The zero-order chi connectivity index (χ0) is 17.8. The van der Waals surface area contributed by atoms with Crippen molar-refractivity contribution in [2.45, 2.75) is 5.92 Å². The number of hydrogen-bond acceptors (Lipinski definition) is 3. The molecule has 2 aromatic heterocycles. The molecule has 0 saturated carbocycles. The largest absolute Gasteiger partial charge is 0.369 e. The molecule has 4 aromatic rings. The van der Waals surface area contributed by atoms with Gasteiger partial charge in [-0.25, -0.2) is 4.98 Å². The molecule has 2 aromatic carbocycles. The smallest absolute Gasteiger partial charge is 0.125 e. The molecular formula is C22H18N4. The first kappa shape index (κ1) is 15.9. The van der Waals surface area contributed by atoms with Gasteiger partial charge in [-0.05, 0) is 29.3 Å². The minimum Gasteiger partial charge on any atom is -0.369 e. The van der Waals surface area contributed by atoms with Gasteiger partial charge in [0.25, 0.3) is 0 Å². The molecule has 0 amide bonds. The van der Waals surface area contributed by atoms with E-state index in [0.29, 0.717) is 12.1 Å². The monoisotopic (exact) mass is 338 g/mol. The van der Waals surface area contributed by atoms with Crippen LogP contribution in [0, 0.1) is 11.3 Å². The lowest BCUT2D eigenvalue weighted by molar-refractivity contribution is 0.855. The number of para-hydroxylation sites is 1. The fraction of sp³-hybridized carbons (Fsp3) is 0.0909. The first-order chi connectivity index (χ1) is 12.8. The number of benzene rings is 2. The van der Waals surface area contributed by atoms with Crippen LogP contribution in [0.3, 0.4) is 0 Å². The van der Waals surface area contributed by atoms with E-state index < -0.39 is 0 Å². The molecule has 0 fully saturated rings. The highest BCUT2D eigenvalue weighted by Crippen LogP contribution is 2.31. The van der Waals surface area contributed by atoms with Crippen LogP contribution in [0.15, 0.2) is 79.1 Å². The number of rotatable bonds is 5. The molecule has 2 N–H and O–H groups in total. The van der Waals surface area contributed by atoms with Crippen LogP contribution in [-0.2, 0) is 0 Å². The lowest BCUT2D eigenvalue weighted by Crippen LogP contribution is -2.14. The van der Waals surface area contributed by atoms with Gasteiger partial charge in [0.2, 0.25) is 0 Å². The molecular weight excluding hydrogens is 320 g/mol. The Bertz CT molecular complexity index is 1040. The van der Waals surface area contributed by atoms with E-state index in [9.17, 15) is 0 Å². The standard InChI is InChI=1S/C22H18N4/c23-12-16-10-11-22(25-13-16)26-14-19(17-6-2-1-3-7-17)20-15-24-21-9-5-4-8-18(20)21/h1-11,13,15,19,24H,14H2,(H,25,26)/t19-/m0/s1. The SMILES string of the molecule is N#Cc1ccc(NC[C@@H](c2ccccc2)c2c[nH]c3ccccc23)nc1. The minimum absolute atomic E-state index is 0.185. The molecule has 0 bridgehead atoms. The molecule has 126 valence electrons. The Morgan fingerprint density at radius 3 is 2.58 bits per heavy atom. The summed E-state index contributed by atoms with van der Waals surface area (Å²) in [6, 6.07) is 24.5. The molecule has 0 aliphatic heterocycles. The van der Waals surface area contributed by atoms with Crippen molar-refractivity contribution in [1.29, 1.82) is 5.26 Å². The first-order valence-electron chi connectivity index (χ1n) is 8.56. The van der Waals surface area contributed by atoms with Gasteiger partial charge in [-0.3, -0.25) is 0 Å². The molecule has 4 nitrogen and oxygen atoms in total. The molecule has 0 aliphatic carbocycles. The third-order valence-electron chi connectivity index (χ3n) is 4.58. The van der Waals surface area contributed by atoms with E-state index in [1.807, 2.05) is 18.2 Å². The number of aromatic amines is 1. The summed E-state index contributed by atoms with van der Waals surface area (Å²) in [6.07, 6.45) is 3.68. The first-order valence-corrected chi connectivity index (χ1v) is 8.56. The Labute approximate surface area is 152 Å². The van der Waals surface area contributed by atoms with Crippen LogP contribution in [0.4, 0.5) is 5.82 Å². The van der Waals surface area contributed by atoms with Gasteiger partial charge in [0, 0.05) is 35.8 Å². The number of aromatic nitrogens is 2. The average Bonchev–Trinajstić information content (AvgIpc) is 3.14. The van der Waals surface area contributed by atoms with Gasteiger partial charge in [0.05, 0.1) is 5.56 Å². The number of pyridine rings is 1.